The highest BCUT2D eigenvalue weighted by Crippen LogP contribution is 2.37. The van der Waals surface area contributed by atoms with Gasteiger partial charge in [0, 0.05) is 14.7 Å². The van der Waals surface area contributed by atoms with Gasteiger partial charge >= 0.3 is 5.97 Å². The lowest BCUT2D eigenvalue weighted by Crippen LogP contribution is -2.40. The fourth-order valence-electron chi connectivity index (χ4n) is 4.40. The average Bonchev–Trinajstić information content (AvgIpc) is 3.21. The summed E-state index contributed by atoms with van der Waals surface area (Å²) in [4.78, 5) is 32.4. The van der Waals surface area contributed by atoms with Gasteiger partial charge in [-0.25, -0.2) is 9.79 Å². The van der Waals surface area contributed by atoms with Gasteiger partial charge in [-0.05, 0) is 74.6 Å². The van der Waals surface area contributed by atoms with E-state index < -0.39 is 12.0 Å². The summed E-state index contributed by atoms with van der Waals surface area (Å²) in [7, 11) is 1.51. The number of nitrogens with zero attached hydrogens (tertiary/aromatic N) is 3. The molecule has 9 nitrogen and oxygen atoms in total. The van der Waals surface area contributed by atoms with Crippen LogP contribution in [0, 0.1) is 14.9 Å². The highest BCUT2D eigenvalue weighted by Gasteiger charge is 2.35. The van der Waals surface area contributed by atoms with E-state index in [4.69, 9.17) is 24.2 Å². The first-order chi connectivity index (χ1) is 19.2. The number of nitriles is 1. The molecule has 1 aliphatic rings. The quantitative estimate of drug-likeness (QED) is 0.249. The van der Waals surface area contributed by atoms with Crippen LogP contribution in [-0.2, 0) is 9.53 Å². The molecule has 40 heavy (non-hydrogen) atoms. The number of para-hydroxylation sites is 1. The fraction of sp³-hybridized carbons (Fsp3) is 0.310. The second-order valence-corrected chi connectivity index (χ2v) is 11.2. The van der Waals surface area contributed by atoms with Crippen molar-refractivity contribution in [1.29, 1.82) is 5.26 Å². The van der Waals surface area contributed by atoms with Gasteiger partial charge in [0.1, 0.15) is 17.9 Å². The SMILES string of the molecule is CCOC(=O)C1=C(C)N=c2s/c(=C\c3cc(I)cc(OC)c3OCC#N)c(=O)n2[C@@H]1c1ccccc1OC(C)C. The van der Waals surface area contributed by atoms with E-state index in [0.29, 0.717) is 43.4 Å². The zero-order valence-electron chi connectivity index (χ0n) is 22.7. The number of allylic oxidation sites excluding steroid dienone is 1. The number of hydrogen-bond acceptors (Lipinski definition) is 9. The standard InChI is InChI=1S/C29H28IN3O6S/c1-6-37-28(35)24-17(4)32-29-33(25(24)20-9-7-8-10-21(20)39-16(2)3)27(34)23(40-29)14-18-13-19(30)15-22(36-5)26(18)38-12-11-31/h7-10,13-16,25H,6,12H2,1-5H3/b23-14-/t25-/m1/s1. The third kappa shape index (κ3) is 5.93. The molecule has 4 rings (SSSR count). The summed E-state index contributed by atoms with van der Waals surface area (Å²) in [6.07, 6.45) is 1.56. The van der Waals surface area contributed by atoms with E-state index in [0.717, 1.165) is 3.57 Å². The Morgan fingerprint density at radius 2 is 2.02 bits per heavy atom. The molecule has 208 valence electrons. The Balaban J connectivity index is 2.00. The number of thiazole rings is 1. The molecule has 1 aliphatic heterocycles. The molecule has 0 spiro atoms. The lowest BCUT2D eigenvalue weighted by atomic mass is 9.95. The summed E-state index contributed by atoms with van der Waals surface area (Å²) in [5.74, 6) is 0.810. The maximum atomic E-state index is 14.1. The van der Waals surface area contributed by atoms with Crippen LogP contribution in [0.1, 0.15) is 44.9 Å². The first kappa shape index (κ1) is 29.4. The van der Waals surface area contributed by atoms with Gasteiger partial charge in [-0.1, -0.05) is 29.5 Å². The van der Waals surface area contributed by atoms with Gasteiger partial charge in [0.05, 0.1) is 35.6 Å². The van der Waals surface area contributed by atoms with Crippen LogP contribution in [0.25, 0.3) is 6.08 Å². The van der Waals surface area contributed by atoms with Gasteiger partial charge in [0.15, 0.2) is 22.9 Å². The van der Waals surface area contributed by atoms with Gasteiger partial charge in [-0.2, -0.15) is 5.26 Å². The normalized spacial score (nSPS) is 14.8. The lowest BCUT2D eigenvalue weighted by molar-refractivity contribution is -0.139. The molecule has 3 aromatic rings. The van der Waals surface area contributed by atoms with Crippen LogP contribution in [0.5, 0.6) is 17.2 Å². The van der Waals surface area contributed by atoms with E-state index in [2.05, 4.69) is 27.6 Å². The number of hydrogen-bond donors (Lipinski definition) is 0. The number of methoxy groups -OCH3 is 1. The van der Waals surface area contributed by atoms with Crippen LogP contribution >= 0.6 is 33.9 Å². The zero-order valence-corrected chi connectivity index (χ0v) is 25.7. The molecule has 0 N–H and O–H groups in total. The Hall–Kier alpha value is -3.63. The van der Waals surface area contributed by atoms with Crippen molar-refractivity contribution in [3.63, 3.8) is 0 Å². The summed E-state index contributed by atoms with van der Waals surface area (Å²) in [5.41, 5.74) is 1.62. The third-order valence-electron chi connectivity index (χ3n) is 5.93. The van der Waals surface area contributed by atoms with Crippen molar-refractivity contribution >= 4 is 46.0 Å². The molecule has 1 atom stereocenters. The monoisotopic (exact) mass is 673 g/mol. The number of esters is 1. The largest absolute Gasteiger partial charge is 0.493 e. The summed E-state index contributed by atoms with van der Waals surface area (Å²) >= 11 is 3.35. The van der Waals surface area contributed by atoms with Gasteiger partial charge in [0.25, 0.3) is 5.56 Å². The molecule has 0 bridgehead atoms. The smallest absolute Gasteiger partial charge is 0.338 e. The van der Waals surface area contributed by atoms with Crippen LogP contribution in [0.4, 0.5) is 0 Å². The van der Waals surface area contributed by atoms with E-state index in [-0.39, 0.29) is 30.5 Å². The molecule has 2 aromatic carbocycles. The molecule has 0 aliphatic carbocycles. The summed E-state index contributed by atoms with van der Waals surface area (Å²) in [6.45, 7) is 7.29. The number of fused-ring (bicyclic) bond motifs is 1. The molecule has 0 saturated carbocycles. The molecule has 0 unspecified atom stereocenters. The van der Waals surface area contributed by atoms with Gasteiger partial charge in [0.2, 0.25) is 0 Å². The Morgan fingerprint density at radius 3 is 2.70 bits per heavy atom. The lowest BCUT2D eigenvalue weighted by Gasteiger charge is -2.26. The molecule has 0 amide bonds. The van der Waals surface area contributed by atoms with Crippen molar-refractivity contribution in [1.82, 2.24) is 4.57 Å². The van der Waals surface area contributed by atoms with E-state index in [9.17, 15) is 9.59 Å². The highest BCUT2D eigenvalue weighted by atomic mass is 127. The maximum Gasteiger partial charge on any atom is 0.338 e. The molecular formula is C29H28IN3O6S. The van der Waals surface area contributed by atoms with Crippen molar-refractivity contribution in [3.05, 3.63) is 82.1 Å². The molecule has 0 saturated heterocycles. The summed E-state index contributed by atoms with van der Waals surface area (Å²) in [6, 6.07) is 12.1. The Labute approximate surface area is 249 Å². The zero-order chi connectivity index (χ0) is 29.0. The van der Waals surface area contributed by atoms with Gasteiger partial charge in [-0.3, -0.25) is 9.36 Å². The van der Waals surface area contributed by atoms with Crippen molar-refractivity contribution in [2.75, 3.05) is 20.3 Å². The summed E-state index contributed by atoms with van der Waals surface area (Å²) < 4.78 is 25.4. The van der Waals surface area contributed by atoms with E-state index >= 15 is 0 Å². The minimum atomic E-state index is -0.813. The second-order valence-electron chi connectivity index (χ2n) is 8.98. The van der Waals surface area contributed by atoms with Crippen LogP contribution in [0.3, 0.4) is 0 Å². The van der Waals surface area contributed by atoms with Crippen LogP contribution in [0.2, 0.25) is 0 Å². The minimum Gasteiger partial charge on any atom is -0.493 e. The topological polar surface area (TPSA) is 112 Å². The molecular weight excluding hydrogens is 645 g/mol. The predicted molar refractivity (Wildman–Crippen MR) is 159 cm³/mol. The van der Waals surface area contributed by atoms with Crippen molar-refractivity contribution < 1.29 is 23.7 Å². The molecule has 1 aromatic heterocycles. The average molecular weight is 674 g/mol. The Kier molecular flexibility index (Phi) is 9.32. The first-order valence-corrected chi connectivity index (χ1v) is 14.4. The fourth-order valence-corrected chi connectivity index (χ4v) is 6.06. The predicted octanol–water partition coefficient (Wildman–Crippen LogP) is 4.10. The summed E-state index contributed by atoms with van der Waals surface area (Å²) in [5, 5.41) is 9.08. The van der Waals surface area contributed by atoms with Crippen molar-refractivity contribution in [3.8, 4) is 23.3 Å². The molecule has 11 heteroatoms. The van der Waals surface area contributed by atoms with E-state index in [1.807, 2.05) is 50.2 Å². The molecule has 2 heterocycles. The van der Waals surface area contributed by atoms with Crippen molar-refractivity contribution in [2.24, 2.45) is 4.99 Å². The third-order valence-corrected chi connectivity index (χ3v) is 7.53. The van der Waals surface area contributed by atoms with Gasteiger partial charge in [-0.15, -0.1) is 0 Å². The molecule has 0 radical (unpaired) electrons. The number of aromatic nitrogens is 1. The number of rotatable bonds is 9. The van der Waals surface area contributed by atoms with Crippen LogP contribution < -0.4 is 29.1 Å². The Morgan fingerprint density at radius 1 is 1.27 bits per heavy atom. The first-order valence-electron chi connectivity index (χ1n) is 12.5. The van der Waals surface area contributed by atoms with Gasteiger partial charge < -0.3 is 18.9 Å². The minimum absolute atomic E-state index is 0.129. The highest BCUT2D eigenvalue weighted by molar-refractivity contribution is 14.1. The van der Waals surface area contributed by atoms with Crippen LogP contribution in [-0.4, -0.2) is 37.0 Å². The van der Waals surface area contributed by atoms with Crippen molar-refractivity contribution in [2.45, 2.75) is 39.8 Å². The number of halogens is 1. The number of benzene rings is 2. The molecule has 0 fully saturated rings. The number of carbonyl (C=O) groups is 1. The van der Waals surface area contributed by atoms with Crippen LogP contribution in [0.15, 0.2) is 57.5 Å². The number of carbonyl (C=O) groups excluding carboxylic acids is 1. The maximum absolute atomic E-state index is 14.1. The van der Waals surface area contributed by atoms with E-state index in [1.54, 1.807) is 26.0 Å². The Bertz CT molecular complexity index is 1700. The second kappa shape index (κ2) is 12.7. The number of ether oxygens (including phenoxy) is 4. The van der Waals surface area contributed by atoms with E-state index in [1.165, 1.54) is 23.0 Å².